The largest absolute Gasteiger partial charge is 0.496 e. The smallest absolute Gasteiger partial charge is 0.261 e. The fourth-order valence-electron chi connectivity index (χ4n) is 3.11. The van der Waals surface area contributed by atoms with Gasteiger partial charge in [0, 0.05) is 19.5 Å². The number of nitrogens with one attached hydrogen (secondary N) is 1. The van der Waals surface area contributed by atoms with Gasteiger partial charge in [0.15, 0.2) is 0 Å². The molecule has 6 nitrogen and oxygen atoms in total. The maximum atomic E-state index is 12.3. The Kier molecular flexibility index (Phi) is 5.54. The number of benzene rings is 2. The van der Waals surface area contributed by atoms with E-state index in [4.69, 9.17) is 4.74 Å². The lowest BCUT2D eigenvalue weighted by Gasteiger charge is -2.13. The molecule has 27 heavy (non-hydrogen) atoms. The standard InChI is InChI=1S/C21H22N2O4/c1-14-7-8-15(13-18(14)27-2)9-11-22-19(24)10-12-23-20(25)16-5-3-4-6-17(16)21(23)26/h3-8,13H,9-12H2,1-2H3,(H,22,24). The number of ether oxygens (including phenoxy) is 1. The van der Waals surface area contributed by atoms with Crippen molar-refractivity contribution < 1.29 is 19.1 Å². The van der Waals surface area contributed by atoms with Crippen molar-refractivity contribution >= 4 is 17.7 Å². The summed E-state index contributed by atoms with van der Waals surface area (Å²) in [6, 6.07) is 12.7. The summed E-state index contributed by atoms with van der Waals surface area (Å²) in [5, 5.41) is 2.83. The van der Waals surface area contributed by atoms with E-state index in [1.54, 1.807) is 31.4 Å². The molecule has 3 rings (SSSR count). The zero-order valence-corrected chi connectivity index (χ0v) is 15.5. The van der Waals surface area contributed by atoms with Gasteiger partial charge in [-0.3, -0.25) is 19.3 Å². The van der Waals surface area contributed by atoms with Crippen LogP contribution in [0, 0.1) is 6.92 Å². The van der Waals surface area contributed by atoms with Gasteiger partial charge in [-0.2, -0.15) is 0 Å². The molecule has 0 bridgehead atoms. The number of carbonyl (C=O) groups excluding carboxylic acids is 3. The summed E-state index contributed by atoms with van der Waals surface area (Å²) >= 11 is 0. The van der Waals surface area contributed by atoms with Gasteiger partial charge in [0.1, 0.15) is 5.75 Å². The summed E-state index contributed by atoms with van der Waals surface area (Å²) in [5.74, 6) is -0.0413. The van der Waals surface area contributed by atoms with E-state index in [1.165, 1.54) is 0 Å². The van der Waals surface area contributed by atoms with Crippen LogP contribution in [0.1, 0.15) is 38.3 Å². The van der Waals surface area contributed by atoms with Crippen LogP contribution in [0.25, 0.3) is 0 Å². The van der Waals surface area contributed by atoms with Gasteiger partial charge in [0.2, 0.25) is 5.91 Å². The Bertz CT molecular complexity index is 857. The van der Waals surface area contributed by atoms with Crippen molar-refractivity contribution in [2.24, 2.45) is 0 Å². The molecule has 3 amide bonds. The molecule has 0 fully saturated rings. The van der Waals surface area contributed by atoms with Gasteiger partial charge in [-0.15, -0.1) is 0 Å². The second kappa shape index (κ2) is 8.03. The Morgan fingerprint density at radius 2 is 1.74 bits per heavy atom. The number of aryl methyl sites for hydroxylation is 1. The number of imide groups is 1. The molecule has 0 unspecified atom stereocenters. The first kappa shape index (κ1) is 18.6. The average Bonchev–Trinajstić information content (AvgIpc) is 2.92. The molecule has 0 saturated heterocycles. The molecule has 0 aliphatic carbocycles. The van der Waals surface area contributed by atoms with Crippen LogP contribution in [-0.2, 0) is 11.2 Å². The van der Waals surface area contributed by atoms with E-state index in [-0.39, 0.29) is 30.7 Å². The van der Waals surface area contributed by atoms with E-state index in [9.17, 15) is 14.4 Å². The third-order valence-corrected chi connectivity index (χ3v) is 4.65. The minimum absolute atomic E-state index is 0.0799. The fourth-order valence-corrected chi connectivity index (χ4v) is 3.11. The zero-order valence-electron chi connectivity index (χ0n) is 15.5. The summed E-state index contributed by atoms with van der Waals surface area (Å²) in [6.07, 6.45) is 0.762. The van der Waals surface area contributed by atoms with Crippen LogP contribution < -0.4 is 10.1 Å². The van der Waals surface area contributed by atoms with Gasteiger partial charge in [-0.05, 0) is 42.7 Å². The van der Waals surface area contributed by atoms with Crippen molar-refractivity contribution in [2.45, 2.75) is 19.8 Å². The summed E-state index contributed by atoms with van der Waals surface area (Å²) in [4.78, 5) is 37.7. The number of carbonyl (C=O) groups is 3. The molecule has 2 aromatic carbocycles. The van der Waals surface area contributed by atoms with Crippen molar-refractivity contribution in [1.29, 1.82) is 0 Å². The van der Waals surface area contributed by atoms with Gasteiger partial charge in [0.05, 0.1) is 18.2 Å². The first-order valence-corrected chi connectivity index (χ1v) is 8.86. The van der Waals surface area contributed by atoms with Gasteiger partial charge in [0.25, 0.3) is 11.8 Å². The van der Waals surface area contributed by atoms with E-state index in [0.29, 0.717) is 24.1 Å². The number of hydrogen-bond donors (Lipinski definition) is 1. The first-order valence-electron chi connectivity index (χ1n) is 8.86. The minimum Gasteiger partial charge on any atom is -0.496 e. The summed E-state index contributed by atoms with van der Waals surface area (Å²) in [5.41, 5.74) is 2.93. The molecule has 6 heteroatoms. The summed E-state index contributed by atoms with van der Waals surface area (Å²) < 4.78 is 5.30. The van der Waals surface area contributed by atoms with E-state index in [2.05, 4.69) is 5.32 Å². The van der Waals surface area contributed by atoms with Crippen LogP contribution in [0.4, 0.5) is 0 Å². The lowest BCUT2D eigenvalue weighted by molar-refractivity contribution is -0.121. The molecule has 1 N–H and O–H groups in total. The molecule has 0 radical (unpaired) electrons. The topological polar surface area (TPSA) is 75.7 Å². The number of amides is 3. The SMILES string of the molecule is COc1cc(CCNC(=O)CCN2C(=O)c3ccccc3C2=O)ccc1C. The van der Waals surface area contributed by atoms with Gasteiger partial charge in [-0.1, -0.05) is 24.3 Å². The molecule has 0 spiro atoms. The Labute approximate surface area is 158 Å². The second-order valence-electron chi connectivity index (χ2n) is 6.46. The molecular formula is C21H22N2O4. The Morgan fingerprint density at radius 3 is 2.37 bits per heavy atom. The minimum atomic E-state index is -0.338. The highest BCUT2D eigenvalue weighted by molar-refractivity contribution is 6.21. The van der Waals surface area contributed by atoms with Crippen molar-refractivity contribution in [1.82, 2.24) is 10.2 Å². The van der Waals surface area contributed by atoms with Crippen LogP contribution in [0.2, 0.25) is 0 Å². The molecule has 1 aliphatic rings. The van der Waals surface area contributed by atoms with Crippen molar-refractivity contribution in [3.8, 4) is 5.75 Å². The molecule has 1 heterocycles. The van der Waals surface area contributed by atoms with E-state index >= 15 is 0 Å². The van der Waals surface area contributed by atoms with Crippen LogP contribution in [0.15, 0.2) is 42.5 Å². The Morgan fingerprint density at radius 1 is 1.07 bits per heavy atom. The molecule has 1 aliphatic heterocycles. The van der Waals surface area contributed by atoms with Gasteiger partial charge < -0.3 is 10.1 Å². The average molecular weight is 366 g/mol. The highest BCUT2D eigenvalue weighted by atomic mass is 16.5. The zero-order chi connectivity index (χ0) is 19.4. The van der Waals surface area contributed by atoms with E-state index < -0.39 is 0 Å². The fraction of sp³-hybridized carbons (Fsp3) is 0.286. The van der Waals surface area contributed by atoms with E-state index in [1.807, 2.05) is 25.1 Å². The van der Waals surface area contributed by atoms with Crippen LogP contribution >= 0.6 is 0 Å². The molecule has 0 aromatic heterocycles. The van der Waals surface area contributed by atoms with Crippen LogP contribution in [-0.4, -0.2) is 42.8 Å². The monoisotopic (exact) mass is 366 g/mol. The number of hydrogen-bond acceptors (Lipinski definition) is 4. The third kappa shape index (κ3) is 4.00. The highest BCUT2D eigenvalue weighted by Gasteiger charge is 2.34. The predicted molar refractivity (Wildman–Crippen MR) is 101 cm³/mol. The number of nitrogens with zero attached hydrogens (tertiary/aromatic N) is 1. The third-order valence-electron chi connectivity index (χ3n) is 4.65. The molecular weight excluding hydrogens is 344 g/mol. The first-order chi connectivity index (χ1) is 13.0. The lowest BCUT2D eigenvalue weighted by atomic mass is 10.1. The second-order valence-corrected chi connectivity index (χ2v) is 6.46. The van der Waals surface area contributed by atoms with E-state index in [0.717, 1.165) is 21.8 Å². The predicted octanol–water partition coefficient (Wildman–Crippen LogP) is 2.35. The molecule has 2 aromatic rings. The van der Waals surface area contributed by atoms with Crippen molar-refractivity contribution in [2.75, 3.05) is 20.2 Å². The van der Waals surface area contributed by atoms with Crippen LogP contribution in [0.3, 0.4) is 0 Å². The van der Waals surface area contributed by atoms with Crippen molar-refractivity contribution in [3.05, 3.63) is 64.7 Å². The lowest BCUT2D eigenvalue weighted by Crippen LogP contribution is -2.35. The molecule has 0 saturated carbocycles. The maximum Gasteiger partial charge on any atom is 0.261 e. The van der Waals surface area contributed by atoms with Crippen LogP contribution in [0.5, 0.6) is 5.75 Å². The van der Waals surface area contributed by atoms with Gasteiger partial charge >= 0.3 is 0 Å². The maximum absolute atomic E-state index is 12.3. The quantitative estimate of drug-likeness (QED) is 0.763. The summed E-state index contributed by atoms with van der Waals surface area (Å²) in [6.45, 7) is 2.54. The molecule has 140 valence electrons. The van der Waals surface area contributed by atoms with Gasteiger partial charge in [-0.25, -0.2) is 0 Å². The molecule has 0 atom stereocenters. The highest BCUT2D eigenvalue weighted by Crippen LogP contribution is 2.22. The number of rotatable bonds is 7. The summed E-state index contributed by atoms with van der Waals surface area (Å²) in [7, 11) is 1.63. The number of fused-ring (bicyclic) bond motifs is 1. The van der Waals surface area contributed by atoms with Crippen molar-refractivity contribution in [3.63, 3.8) is 0 Å². The number of methoxy groups -OCH3 is 1. The normalized spacial score (nSPS) is 12.9. The Balaban J connectivity index is 1.47. The Hall–Kier alpha value is -3.15.